The predicted molar refractivity (Wildman–Crippen MR) is 99.0 cm³/mol. The van der Waals surface area contributed by atoms with Crippen molar-refractivity contribution in [2.45, 2.75) is 12.5 Å². The zero-order valence-electron chi connectivity index (χ0n) is 14.2. The molecule has 6 nitrogen and oxygen atoms in total. The fourth-order valence-corrected chi connectivity index (χ4v) is 2.99. The number of rotatable bonds is 4. The number of urea groups is 1. The van der Waals surface area contributed by atoms with E-state index in [0.717, 1.165) is 19.5 Å². The highest BCUT2D eigenvalue weighted by molar-refractivity contribution is 5.96. The molecule has 3 N–H and O–H groups in total. The van der Waals surface area contributed by atoms with Crippen molar-refractivity contribution >= 4 is 23.3 Å². The number of carbonyl (C=O) groups excluding carboxylic acids is 2. The molecule has 25 heavy (non-hydrogen) atoms. The minimum atomic E-state index is -0.256. The van der Waals surface area contributed by atoms with Crippen molar-refractivity contribution < 1.29 is 9.59 Å². The Balaban J connectivity index is 1.54. The maximum atomic E-state index is 12.2. The molecule has 0 saturated carbocycles. The lowest BCUT2D eigenvalue weighted by Crippen LogP contribution is -2.39. The average molecular weight is 338 g/mol. The second-order valence-electron chi connectivity index (χ2n) is 6.03. The quantitative estimate of drug-likeness (QED) is 0.802. The normalized spacial score (nSPS) is 16.4. The van der Waals surface area contributed by atoms with Gasteiger partial charge in [-0.05, 0) is 36.8 Å². The summed E-state index contributed by atoms with van der Waals surface area (Å²) in [5, 5.41) is 8.36. The molecule has 1 atom stereocenters. The van der Waals surface area contributed by atoms with Gasteiger partial charge in [-0.1, -0.05) is 24.3 Å². The molecule has 1 aliphatic rings. The van der Waals surface area contributed by atoms with Gasteiger partial charge in [-0.3, -0.25) is 4.79 Å². The van der Waals surface area contributed by atoms with Gasteiger partial charge in [0, 0.05) is 43.1 Å². The molecule has 130 valence electrons. The van der Waals surface area contributed by atoms with Crippen molar-refractivity contribution in [1.82, 2.24) is 10.6 Å². The first-order chi connectivity index (χ1) is 12.2. The van der Waals surface area contributed by atoms with Crippen molar-refractivity contribution in [3.63, 3.8) is 0 Å². The lowest BCUT2D eigenvalue weighted by Gasteiger charge is -2.19. The third kappa shape index (κ3) is 4.29. The Morgan fingerprint density at radius 3 is 2.64 bits per heavy atom. The number of carbonyl (C=O) groups is 2. The minimum Gasteiger partial charge on any atom is -0.369 e. The van der Waals surface area contributed by atoms with Crippen molar-refractivity contribution in [3.05, 3.63) is 60.2 Å². The van der Waals surface area contributed by atoms with Crippen LogP contribution in [0.15, 0.2) is 54.6 Å². The Morgan fingerprint density at radius 1 is 1.08 bits per heavy atom. The molecular weight excluding hydrogens is 316 g/mol. The third-order valence-corrected chi connectivity index (χ3v) is 4.25. The van der Waals surface area contributed by atoms with Gasteiger partial charge in [0.1, 0.15) is 0 Å². The molecule has 1 unspecified atom stereocenters. The largest absolute Gasteiger partial charge is 0.369 e. The first-order valence-corrected chi connectivity index (χ1v) is 8.35. The van der Waals surface area contributed by atoms with Crippen molar-refractivity contribution in [2.24, 2.45) is 0 Å². The number of amides is 3. The van der Waals surface area contributed by atoms with E-state index in [4.69, 9.17) is 0 Å². The van der Waals surface area contributed by atoms with Crippen LogP contribution in [0.1, 0.15) is 16.8 Å². The summed E-state index contributed by atoms with van der Waals surface area (Å²) >= 11 is 0. The molecular formula is C19H22N4O2. The van der Waals surface area contributed by atoms with E-state index in [1.54, 1.807) is 31.3 Å². The molecule has 0 radical (unpaired) electrons. The Kier molecular flexibility index (Phi) is 5.18. The van der Waals surface area contributed by atoms with E-state index in [1.807, 2.05) is 18.2 Å². The van der Waals surface area contributed by atoms with E-state index in [2.05, 4.69) is 33.0 Å². The van der Waals surface area contributed by atoms with Crippen LogP contribution in [-0.4, -0.2) is 38.1 Å². The van der Waals surface area contributed by atoms with Crippen LogP contribution in [0, 0.1) is 0 Å². The van der Waals surface area contributed by atoms with E-state index in [-0.39, 0.29) is 18.0 Å². The fourth-order valence-electron chi connectivity index (χ4n) is 2.99. The average Bonchev–Trinajstić information content (AvgIpc) is 3.10. The van der Waals surface area contributed by atoms with E-state index in [9.17, 15) is 9.59 Å². The van der Waals surface area contributed by atoms with Gasteiger partial charge in [0.2, 0.25) is 0 Å². The maximum absolute atomic E-state index is 12.2. The smallest absolute Gasteiger partial charge is 0.319 e. The zero-order chi connectivity index (χ0) is 17.6. The van der Waals surface area contributed by atoms with Crippen LogP contribution in [0.3, 0.4) is 0 Å². The van der Waals surface area contributed by atoms with Gasteiger partial charge in [0.25, 0.3) is 5.91 Å². The summed E-state index contributed by atoms with van der Waals surface area (Å²) in [5.41, 5.74) is 2.28. The number of anilines is 2. The Hall–Kier alpha value is -3.02. The summed E-state index contributed by atoms with van der Waals surface area (Å²) in [4.78, 5) is 26.1. The van der Waals surface area contributed by atoms with E-state index >= 15 is 0 Å². The minimum absolute atomic E-state index is 0.0994. The molecule has 0 aromatic heterocycles. The van der Waals surface area contributed by atoms with Gasteiger partial charge in [0.05, 0.1) is 0 Å². The van der Waals surface area contributed by atoms with Gasteiger partial charge in [-0.2, -0.15) is 0 Å². The number of para-hydroxylation sites is 1. The molecule has 0 aliphatic carbocycles. The van der Waals surface area contributed by atoms with Crippen LogP contribution in [0.2, 0.25) is 0 Å². The number of hydrogen-bond donors (Lipinski definition) is 3. The lowest BCUT2D eigenvalue weighted by atomic mass is 10.2. The highest BCUT2D eigenvalue weighted by Crippen LogP contribution is 2.19. The first kappa shape index (κ1) is 16.8. The number of nitrogens with one attached hydrogen (secondary N) is 3. The highest BCUT2D eigenvalue weighted by atomic mass is 16.2. The first-order valence-electron chi connectivity index (χ1n) is 8.35. The molecule has 1 aliphatic heterocycles. The topological polar surface area (TPSA) is 73.5 Å². The summed E-state index contributed by atoms with van der Waals surface area (Å²) in [5.74, 6) is -0.182. The molecule has 0 spiro atoms. The van der Waals surface area contributed by atoms with Crippen LogP contribution in [0.25, 0.3) is 0 Å². The molecule has 3 amide bonds. The molecule has 1 heterocycles. The summed E-state index contributed by atoms with van der Waals surface area (Å²) < 4.78 is 0. The van der Waals surface area contributed by atoms with E-state index < -0.39 is 0 Å². The number of hydrogen-bond acceptors (Lipinski definition) is 3. The summed E-state index contributed by atoms with van der Waals surface area (Å²) in [6.45, 7) is 1.71. The standard InChI is InChI=1S/C19H22N4O2/c1-20-18(24)14-6-5-7-15(12-14)21-19(25)22-16-10-11-23(13-16)17-8-3-2-4-9-17/h2-9,12,16H,10-11,13H2,1H3,(H,20,24)(H2,21,22,25). The predicted octanol–water partition coefficient (Wildman–Crippen LogP) is 2.45. The monoisotopic (exact) mass is 338 g/mol. The molecule has 3 rings (SSSR count). The third-order valence-electron chi connectivity index (χ3n) is 4.25. The van der Waals surface area contributed by atoms with Gasteiger partial charge < -0.3 is 20.9 Å². The molecule has 2 aromatic rings. The van der Waals surface area contributed by atoms with Crippen LogP contribution in [0.5, 0.6) is 0 Å². The van der Waals surface area contributed by atoms with Crippen LogP contribution < -0.4 is 20.9 Å². The summed E-state index contributed by atoms with van der Waals surface area (Å²) in [6.07, 6.45) is 0.903. The van der Waals surface area contributed by atoms with Crippen LogP contribution >= 0.6 is 0 Å². The molecule has 0 bridgehead atoms. The SMILES string of the molecule is CNC(=O)c1cccc(NC(=O)NC2CCN(c3ccccc3)C2)c1. The lowest BCUT2D eigenvalue weighted by molar-refractivity contribution is 0.0963. The highest BCUT2D eigenvalue weighted by Gasteiger charge is 2.24. The van der Waals surface area contributed by atoms with Crippen LogP contribution in [0.4, 0.5) is 16.2 Å². The molecule has 1 fully saturated rings. The number of benzene rings is 2. The molecule has 1 saturated heterocycles. The summed E-state index contributed by atoms with van der Waals surface area (Å²) in [6, 6.07) is 16.9. The van der Waals surface area contributed by atoms with Crippen molar-refractivity contribution in [3.8, 4) is 0 Å². The zero-order valence-corrected chi connectivity index (χ0v) is 14.2. The molecule has 2 aromatic carbocycles. The fraction of sp³-hybridized carbons (Fsp3) is 0.263. The van der Waals surface area contributed by atoms with Crippen LogP contribution in [-0.2, 0) is 0 Å². The Labute approximate surface area is 147 Å². The second kappa shape index (κ2) is 7.70. The Bertz CT molecular complexity index is 748. The summed E-state index contributed by atoms with van der Waals surface area (Å²) in [7, 11) is 1.58. The Morgan fingerprint density at radius 2 is 1.88 bits per heavy atom. The van der Waals surface area contributed by atoms with Gasteiger partial charge in [0.15, 0.2) is 0 Å². The van der Waals surface area contributed by atoms with E-state index in [1.165, 1.54) is 5.69 Å². The second-order valence-corrected chi connectivity index (χ2v) is 6.03. The van der Waals surface area contributed by atoms with Gasteiger partial charge >= 0.3 is 6.03 Å². The maximum Gasteiger partial charge on any atom is 0.319 e. The van der Waals surface area contributed by atoms with Gasteiger partial charge in [-0.25, -0.2) is 4.79 Å². The number of nitrogens with zero attached hydrogens (tertiary/aromatic N) is 1. The van der Waals surface area contributed by atoms with Gasteiger partial charge in [-0.15, -0.1) is 0 Å². The van der Waals surface area contributed by atoms with E-state index in [0.29, 0.717) is 11.3 Å². The van der Waals surface area contributed by atoms with Crippen molar-refractivity contribution in [1.29, 1.82) is 0 Å². The van der Waals surface area contributed by atoms with Crippen molar-refractivity contribution in [2.75, 3.05) is 30.4 Å². The molecule has 6 heteroatoms.